The van der Waals surface area contributed by atoms with Crippen LogP contribution in [-0.2, 0) is 0 Å². The first-order chi connectivity index (χ1) is 21.5. The Hall–Kier alpha value is -0.210. The van der Waals surface area contributed by atoms with E-state index in [1.54, 1.807) is 45.4 Å². The third kappa shape index (κ3) is 9.28. The Labute approximate surface area is 277 Å². The zero-order valence-corrected chi connectivity index (χ0v) is 30.4. The zero-order valence-electron chi connectivity index (χ0n) is 30.4. The summed E-state index contributed by atoms with van der Waals surface area (Å²) in [6, 6.07) is 0. The van der Waals surface area contributed by atoms with E-state index in [4.69, 9.17) is 0 Å². The molecule has 45 heavy (non-hydrogen) atoms. The topological polar surface area (TPSA) is 0 Å². The van der Waals surface area contributed by atoms with Crippen LogP contribution in [0.3, 0.4) is 0 Å². The van der Waals surface area contributed by atoms with Gasteiger partial charge in [0.25, 0.3) is 0 Å². The molecule has 0 aromatic heterocycles. The summed E-state index contributed by atoms with van der Waals surface area (Å²) in [7, 11) is 0. The van der Waals surface area contributed by atoms with E-state index < -0.39 is 24.4 Å². The van der Waals surface area contributed by atoms with Crippen molar-refractivity contribution in [1.82, 2.24) is 0 Å². The van der Waals surface area contributed by atoms with Crippen LogP contribution in [0.5, 0.6) is 0 Å². The van der Waals surface area contributed by atoms with Crippen LogP contribution in [0.15, 0.2) is 0 Å². The monoisotopic (exact) mass is 635 g/mol. The van der Waals surface area contributed by atoms with Crippen LogP contribution in [0.1, 0.15) is 164 Å². The first-order valence-corrected chi connectivity index (χ1v) is 20.4. The first kappa shape index (κ1) is 36.1. The number of alkyl halides is 3. The molecule has 6 aliphatic carbocycles. The molecule has 0 spiro atoms. The second-order valence-electron chi connectivity index (χ2n) is 18.6. The summed E-state index contributed by atoms with van der Waals surface area (Å²) in [6.45, 7) is 14.0. The highest BCUT2D eigenvalue weighted by Crippen LogP contribution is 2.49. The van der Waals surface area contributed by atoms with Crippen molar-refractivity contribution in [3.63, 3.8) is 0 Å². The molecule has 6 fully saturated rings. The molecule has 6 rings (SSSR count). The normalized spacial score (nSPS) is 51.5. The van der Waals surface area contributed by atoms with Gasteiger partial charge in [-0.1, -0.05) is 67.2 Å². The molecular formula is C42H73F3. The van der Waals surface area contributed by atoms with E-state index in [0.29, 0.717) is 31.1 Å². The van der Waals surface area contributed by atoms with Gasteiger partial charge in [-0.15, -0.1) is 0 Å². The van der Waals surface area contributed by atoms with Gasteiger partial charge in [-0.2, -0.15) is 0 Å². The Morgan fingerprint density at radius 1 is 0.311 bits per heavy atom. The maximum atomic E-state index is 14.8. The molecule has 262 valence electrons. The van der Waals surface area contributed by atoms with Crippen LogP contribution in [0.4, 0.5) is 13.2 Å². The molecule has 0 radical (unpaired) electrons. The van der Waals surface area contributed by atoms with Crippen LogP contribution in [0, 0.1) is 82.9 Å². The lowest BCUT2D eigenvalue weighted by Gasteiger charge is -2.44. The standard InChI is InChI=1S/C22H40.C20H33F3/c1-15-5-7-19(8-6-15)20-9-11-21(12-10-20)22-13-16(2)18(4)17(3)14-22;1-12-3-5-14(6-4-12)15-7-8-17(20(23)9-15)16-10-18(21)13(2)19(22)11-16/h15-22H,5-14H2,1-4H3;12-20H,3-11H2,1-2H3. The quantitative estimate of drug-likeness (QED) is 0.289. The predicted octanol–water partition coefficient (Wildman–Crippen LogP) is 13.2. The highest BCUT2D eigenvalue weighted by Gasteiger charge is 2.44. The highest BCUT2D eigenvalue weighted by molar-refractivity contribution is 4.94. The molecule has 6 saturated carbocycles. The predicted molar refractivity (Wildman–Crippen MR) is 185 cm³/mol. The van der Waals surface area contributed by atoms with Gasteiger partial charge in [0.2, 0.25) is 0 Å². The van der Waals surface area contributed by atoms with E-state index in [-0.39, 0.29) is 11.8 Å². The van der Waals surface area contributed by atoms with Crippen molar-refractivity contribution in [1.29, 1.82) is 0 Å². The van der Waals surface area contributed by atoms with Gasteiger partial charge in [-0.25, -0.2) is 13.2 Å². The van der Waals surface area contributed by atoms with Crippen molar-refractivity contribution in [2.24, 2.45) is 82.9 Å². The fourth-order valence-corrected chi connectivity index (χ4v) is 11.8. The van der Waals surface area contributed by atoms with Gasteiger partial charge in [-0.3, -0.25) is 0 Å². The molecule has 0 amide bonds. The highest BCUT2D eigenvalue weighted by atomic mass is 19.1. The Kier molecular flexibility index (Phi) is 13.2. The summed E-state index contributed by atoms with van der Waals surface area (Å²) in [4.78, 5) is 0. The van der Waals surface area contributed by atoms with Gasteiger partial charge in [0, 0.05) is 5.92 Å². The third-order valence-electron chi connectivity index (χ3n) is 15.7. The van der Waals surface area contributed by atoms with Gasteiger partial charge >= 0.3 is 0 Å². The second kappa shape index (κ2) is 16.5. The van der Waals surface area contributed by atoms with Crippen LogP contribution in [0.2, 0.25) is 0 Å². The Morgan fingerprint density at radius 3 is 1.11 bits per heavy atom. The third-order valence-corrected chi connectivity index (χ3v) is 15.7. The van der Waals surface area contributed by atoms with Gasteiger partial charge < -0.3 is 0 Å². The van der Waals surface area contributed by atoms with Crippen LogP contribution in [-0.4, -0.2) is 18.5 Å². The number of halogens is 3. The van der Waals surface area contributed by atoms with E-state index in [1.807, 2.05) is 0 Å². The van der Waals surface area contributed by atoms with E-state index in [2.05, 4.69) is 34.6 Å². The van der Waals surface area contributed by atoms with Gasteiger partial charge in [-0.05, 0) is 173 Å². The van der Waals surface area contributed by atoms with Gasteiger partial charge in [0.15, 0.2) is 0 Å². The van der Waals surface area contributed by atoms with Crippen molar-refractivity contribution in [3.8, 4) is 0 Å². The molecule has 0 aliphatic heterocycles. The summed E-state index contributed by atoms with van der Waals surface area (Å²) in [5.74, 6) is 9.58. The Bertz CT molecular complexity index is 826. The van der Waals surface area contributed by atoms with E-state index in [1.165, 1.54) is 51.4 Å². The molecule has 0 aromatic rings. The van der Waals surface area contributed by atoms with Gasteiger partial charge in [0.1, 0.15) is 18.5 Å². The first-order valence-electron chi connectivity index (χ1n) is 20.4. The maximum absolute atomic E-state index is 14.8. The van der Waals surface area contributed by atoms with Crippen molar-refractivity contribution in [3.05, 3.63) is 0 Å². The summed E-state index contributed by atoms with van der Waals surface area (Å²) in [5, 5.41) is 0. The van der Waals surface area contributed by atoms with Gasteiger partial charge in [0.05, 0.1) is 0 Å². The number of rotatable bonds is 4. The van der Waals surface area contributed by atoms with Crippen LogP contribution >= 0.6 is 0 Å². The molecule has 6 aliphatic rings. The molecule has 3 heteroatoms. The lowest BCUT2D eigenvalue weighted by molar-refractivity contribution is -0.0125. The molecule has 0 N–H and O–H groups in total. The second-order valence-corrected chi connectivity index (χ2v) is 18.6. The zero-order chi connectivity index (χ0) is 32.2. The molecule has 0 aromatic carbocycles. The molecule has 7 unspecified atom stereocenters. The summed E-state index contributed by atoms with van der Waals surface area (Å²) >= 11 is 0. The number of hydrogen-bond acceptors (Lipinski definition) is 0. The lowest BCUT2D eigenvalue weighted by Crippen LogP contribution is -2.41. The van der Waals surface area contributed by atoms with Crippen LogP contribution < -0.4 is 0 Å². The minimum atomic E-state index is -1.09. The minimum absolute atomic E-state index is 0.0847. The molecule has 0 heterocycles. The molecule has 0 saturated heterocycles. The van der Waals surface area contributed by atoms with Crippen molar-refractivity contribution in [2.75, 3.05) is 0 Å². The van der Waals surface area contributed by atoms with E-state index >= 15 is 0 Å². The van der Waals surface area contributed by atoms with Crippen molar-refractivity contribution in [2.45, 2.75) is 182 Å². The van der Waals surface area contributed by atoms with Crippen molar-refractivity contribution < 1.29 is 13.2 Å². The fraction of sp³-hybridized carbons (Fsp3) is 1.00. The largest absolute Gasteiger partial charge is 0.247 e. The average Bonchev–Trinajstić information content (AvgIpc) is 3.03. The molecule has 7 atom stereocenters. The molecule has 0 nitrogen and oxygen atoms in total. The minimum Gasteiger partial charge on any atom is -0.247 e. The smallest absolute Gasteiger partial charge is 0.106 e. The van der Waals surface area contributed by atoms with E-state index in [9.17, 15) is 13.2 Å². The van der Waals surface area contributed by atoms with E-state index in [0.717, 1.165) is 66.1 Å². The lowest BCUT2D eigenvalue weighted by atomic mass is 9.61. The summed E-state index contributed by atoms with van der Waals surface area (Å²) in [6.07, 6.45) is 20.8. The summed E-state index contributed by atoms with van der Waals surface area (Å²) in [5.41, 5.74) is 0. The summed E-state index contributed by atoms with van der Waals surface area (Å²) < 4.78 is 42.8. The van der Waals surface area contributed by atoms with Crippen LogP contribution in [0.25, 0.3) is 0 Å². The average molecular weight is 635 g/mol. The molecule has 0 bridgehead atoms. The Morgan fingerprint density at radius 2 is 0.667 bits per heavy atom. The van der Waals surface area contributed by atoms with Crippen molar-refractivity contribution >= 4 is 0 Å². The SMILES string of the molecule is CC1CCC(C2CCC(C3CC(C)C(C)C(C)C3)CC2)CC1.CC1CCC(C2CCC(C3CC(F)C(C)C(F)C3)C(F)C2)CC1. The molecular weight excluding hydrogens is 561 g/mol. The maximum Gasteiger partial charge on any atom is 0.106 e. The fourth-order valence-electron chi connectivity index (χ4n) is 11.8. The number of hydrogen-bond donors (Lipinski definition) is 0. The Balaban J connectivity index is 0.000000178.